The van der Waals surface area contributed by atoms with Crippen molar-refractivity contribution in [3.63, 3.8) is 0 Å². The molecule has 0 fully saturated rings. The summed E-state index contributed by atoms with van der Waals surface area (Å²) in [5.74, 6) is -2.05. The van der Waals surface area contributed by atoms with Gasteiger partial charge in [-0.25, -0.2) is 0 Å². The van der Waals surface area contributed by atoms with E-state index in [0.717, 1.165) is 17.7 Å². The Balaban J connectivity index is 1.68. The predicted octanol–water partition coefficient (Wildman–Crippen LogP) is 3.40. The van der Waals surface area contributed by atoms with Gasteiger partial charge >= 0.3 is 6.18 Å². The lowest BCUT2D eigenvalue weighted by Crippen LogP contribution is -2.55. The van der Waals surface area contributed by atoms with E-state index in [1.807, 2.05) is 18.2 Å². The van der Waals surface area contributed by atoms with Crippen molar-refractivity contribution < 1.29 is 37.1 Å². The molecule has 0 unspecified atom stereocenters. The number of amides is 4. The van der Waals surface area contributed by atoms with Crippen molar-refractivity contribution in [1.82, 2.24) is 16.0 Å². The zero-order chi connectivity index (χ0) is 36.5. The fraction of sp³-hybridized carbons (Fsp3) is 0.389. The highest BCUT2D eigenvalue weighted by Gasteiger charge is 2.31. The maximum absolute atomic E-state index is 13.6. The molecule has 0 aliphatic carbocycles. The van der Waals surface area contributed by atoms with Crippen LogP contribution in [0, 0.1) is 0 Å². The molecule has 270 valence electrons. The number of unbranched alkanes of at least 4 members (excludes halogenated alkanes) is 2. The number of hydrogen-bond donors (Lipinski definition) is 6. The second kappa shape index (κ2) is 19.9. The molecule has 0 aromatic heterocycles. The molecule has 0 bridgehead atoms. The van der Waals surface area contributed by atoms with E-state index < -0.39 is 47.6 Å². The molecule has 0 aliphatic rings. The molecule has 4 amide bonds. The average Bonchev–Trinajstić information content (AvgIpc) is 3.09. The first kappa shape index (κ1) is 39.5. The highest BCUT2D eigenvalue weighted by Crippen LogP contribution is 2.29. The third kappa shape index (κ3) is 13.2. The van der Waals surface area contributed by atoms with Gasteiger partial charge in [0.2, 0.25) is 23.6 Å². The van der Waals surface area contributed by atoms with Crippen LogP contribution >= 0.6 is 0 Å². The van der Waals surface area contributed by atoms with E-state index in [9.17, 15) is 32.3 Å². The van der Waals surface area contributed by atoms with E-state index >= 15 is 0 Å². The zero-order valence-electron chi connectivity index (χ0n) is 27.7. The SMILES string of the molecule is NCCCC[C@H](NC(=O)Cc1ccccc1)C(=O)N[C@@H](CCCCN)C(=O)N[C@H](C(N)=O)c1ccc(OCc2ccc(C(F)(F)F)cc2)cc1. The minimum absolute atomic E-state index is 0.00241. The molecule has 11 nitrogen and oxygen atoms in total. The molecule has 3 atom stereocenters. The van der Waals surface area contributed by atoms with Gasteiger partial charge in [0.25, 0.3) is 0 Å². The standard InChI is InChI=1S/C36H45F3N6O5/c37-36(38,39)27-16-12-25(13-17-27)23-50-28-18-14-26(15-19-28)32(33(42)47)45-35(49)30(11-5-7-21-41)44-34(48)29(10-4-6-20-40)43-31(46)22-24-8-2-1-3-9-24/h1-3,8-9,12-19,29-30,32H,4-7,10-11,20-23,40-41H2,(H2,42,47)(H,43,46)(H,44,48)(H,45,49)/t29-,30-,32-/m0/s1. The first-order valence-corrected chi connectivity index (χ1v) is 16.4. The Hall–Kier alpha value is -4.95. The normalized spacial score (nSPS) is 13.1. The average molecular weight is 699 g/mol. The summed E-state index contributed by atoms with van der Waals surface area (Å²) in [7, 11) is 0. The molecule has 3 aromatic carbocycles. The van der Waals surface area contributed by atoms with Crippen molar-refractivity contribution in [2.75, 3.05) is 13.1 Å². The molecule has 3 aromatic rings. The molecule has 50 heavy (non-hydrogen) atoms. The Bertz CT molecular complexity index is 1520. The van der Waals surface area contributed by atoms with Gasteiger partial charge in [-0.3, -0.25) is 19.2 Å². The monoisotopic (exact) mass is 698 g/mol. The number of halogens is 3. The van der Waals surface area contributed by atoms with Gasteiger partial charge in [0.05, 0.1) is 12.0 Å². The molecule has 3 rings (SSSR count). The highest BCUT2D eigenvalue weighted by atomic mass is 19.4. The molecular formula is C36H45F3N6O5. The summed E-state index contributed by atoms with van der Waals surface area (Å²) in [5, 5.41) is 8.16. The van der Waals surface area contributed by atoms with E-state index in [2.05, 4.69) is 16.0 Å². The van der Waals surface area contributed by atoms with Gasteiger partial charge in [-0.05, 0) is 92.6 Å². The third-order valence-electron chi connectivity index (χ3n) is 7.86. The van der Waals surface area contributed by atoms with Crippen LogP contribution in [0.2, 0.25) is 0 Å². The van der Waals surface area contributed by atoms with Crippen LogP contribution < -0.4 is 37.9 Å². The lowest BCUT2D eigenvalue weighted by Gasteiger charge is -2.25. The van der Waals surface area contributed by atoms with Crippen LogP contribution in [0.25, 0.3) is 0 Å². The first-order chi connectivity index (χ1) is 23.9. The number of benzene rings is 3. The molecule has 9 N–H and O–H groups in total. The van der Waals surface area contributed by atoms with Crippen LogP contribution in [0.4, 0.5) is 13.2 Å². The number of carbonyl (C=O) groups is 4. The minimum atomic E-state index is -4.44. The van der Waals surface area contributed by atoms with Gasteiger partial charge in [-0.15, -0.1) is 0 Å². The van der Waals surface area contributed by atoms with Crippen LogP contribution in [0.15, 0.2) is 78.9 Å². The van der Waals surface area contributed by atoms with Crippen LogP contribution in [0.5, 0.6) is 5.75 Å². The summed E-state index contributed by atoms with van der Waals surface area (Å²) < 4.78 is 44.2. The third-order valence-corrected chi connectivity index (χ3v) is 7.86. The number of ether oxygens (including phenoxy) is 1. The molecule has 14 heteroatoms. The fourth-order valence-electron chi connectivity index (χ4n) is 5.10. The van der Waals surface area contributed by atoms with Gasteiger partial charge in [-0.2, -0.15) is 13.2 Å². The number of primary amides is 1. The van der Waals surface area contributed by atoms with Crippen molar-refractivity contribution in [3.8, 4) is 5.75 Å². The summed E-state index contributed by atoms with van der Waals surface area (Å²) in [4.78, 5) is 52.4. The van der Waals surface area contributed by atoms with Crippen LogP contribution in [-0.4, -0.2) is 48.8 Å². The Morgan fingerprint density at radius 3 is 1.78 bits per heavy atom. The second-order valence-electron chi connectivity index (χ2n) is 11.8. The summed E-state index contributed by atoms with van der Waals surface area (Å²) >= 11 is 0. The summed E-state index contributed by atoms with van der Waals surface area (Å²) in [5.41, 5.74) is 17.8. The maximum Gasteiger partial charge on any atom is 0.416 e. The molecule has 0 radical (unpaired) electrons. The van der Waals surface area contributed by atoms with Crippen LogP contribution in [0.3, 0.4) is 0 Å². The topological polar surface area (TPSA) is 192 Å². The Labute approximate surface area is 289 Å². The van der Waals surface area contributed by atoms with E-state index in [1.54, 1.807) is 12.1 Å². The van der Waals surface area contributed by atoms with Gasteiger partial charge in [-0.1, -0.05) is 54.6 Å². The van der Waals surface area contributed by atoms with Crippen molar-refractivity contribution in [2.24, 2.45) is 17.2 Å². The largest absolute Gasteiger partial charge is 0.489 e. The highest BCUT2D eigenvalue weighted by molar-refractivity contribution is 5.94. The molecule has 0 saturated carbocycles. The Morgan fingerprint density at radius 1 is 0.680 bits per heavy atom. The van der Waals surface area contributed by atoms with Crippen molar-refractivity contribution in [1.29, 1.82) is 0 Å². The molecule has 0 heterocycles. The smallest absolute Gasteiger partial charge is 0.416 e. The van der Waals surface area contributed by atoms with E-state index in [-0.39, 0.29) is 25.4 Å². The molecule has 0 saturated heterocycles. The van der Waals surface area contributed by atoms with E-state index in [0.29, 0.717) is 62.1 Å². The number of rotatable bonds is 20. The van der Waals surface area contributed by atoms with Crippen molar-refractivity contribution in [2.45, 2.75) is 75.9 Å². The number of hydrogen-bond acceptors (Lipinski definition) is 7. The van der Waals surface area contributed by atoms with Crippen molar-refractivity contribution in [3.05, 3.63) is 101 Å². The lowest BCUT2D eigenvalue weighted by molar-refractivity contribution is -0.137. The summed E-state index contributed by atoms with van der Waals surface area (Å²) in [6.07, 6.45) is -1.57. The van der Waals surface area contributed by atoms with Gasteiger partial charge in [0, 0.05) is 0 Å². The lowest BCUT2D eigenvalue weighted by atomic mass is 10.0. The van der Waals surface area contributed by atoms with E-state index in [1.165, 1.54) is 36.4 Å². The number of carbonyl (C=O) groups excluding carboxylic acids is 4. The summed E-state index contributed by atoms with van der Waals surface area (Å²) in [6, 6.07) is 16.5. The molecule has 0 aliphatic heterocycles. The summed E-state index contributed by atoms with van der Waals surface area (Å²) in [6.45, 7) is 0.783. The zero-order valence-corrected chi connectivity index (χ0v) is 27.7. The van der Waals surface area contributed by atoms with Gasteiger partial charge in [0.15, 0.2) is 0 Å². The van der Waals surface area contributed by atoms with Crippen LogP contribution in [-0.2, 0) is 38.4 Å². The van der Waals surface area contributed by atoms with E-state index in [4.69, 9.17) is 21.9 Å². The Kier molecular flexibility index (Phi) is 15.7. The second-order valence-corrected chi connectivity index (χ2v) is 11.8. The number of nitrogens with two attached hydrogens (primary N) is 3. The number of alkyl halides is 3. The minimum Gasteiger partial charge on any atom is -0.489 e. The quantitative estimate of drug-likeness (QED) is 0.0975. The van der Waals surface area contributed by atoms with Gasteiger partial charge < -0.3 is 37.9 Å². The van der Waals surface area contributed by atoms with Gasteiger partial charge in [0.1, 0.15) is 30.5 Å². The Morgan fingerprint density at radius 2 is 1.24 bits per heavy atom. The first-order valence-electron chi connectivity index (χ1n) is 16.4. The van der Waals surface area contributed by atoms with Crippen LogP contribution in [0.1, 0.15) is 66.8 Å². The molecule has 0 spiro atoms. The fourth-order valence-corrected chi connectivity index (χ4v) is 5.10. The maximum atomic E-state index is 13.6. The number of nitrogens with one attached hydrogen (secondary N) is 3. The van der Waals surface area contributed by atoms with Crippen molar-refractivity contribution >= 4 is 23.6 Å². The predicted molar refractivity (Wildman–Crippen MR) is 182 cm³/mol. The molecular weight excluding hydrogens is 653 g/mol.